The van der Waals surface area contributed by atoms with Crippen LogP contribution in [0.3, 0.4) is 0 Å². The van der Waals surface area contributed by atoms with Crippen molar-refractivity contribution in [2.75, 3.05) is 13.2 Å². The lowest BCUT2D eigenvalue weighted by molar-refractivity contribution is -0.143. The number of hydrogen-bond acceptors (Lipinski definition) is 5. The number of hydrogen-bond donors (Lipinski definition) is 3. The second-order valence-electron chi connectivity index (χ2n) is 22.5. The van der Waals surface area contributed by atoms with E-state index in [0.29, 0.717) is 25.9 Å². The van der Waals surface area contributed by atoms with Gasteiger partial charge in [-0.05, 0) is 51.4 Å². The van der Waals surface area contributed by atoms with Crippen LogP contribution in [0.1, 0.15) is 367 Å². The molecule has 0 aromatic rings. The third-order valence-electron chi connectivity index (χ3n) is 15.3. The summed E-state index contributed by atoms with van der Waals surface area (Å²) in [4.78, 5) is 24.6. The van der Waals surface area contributed by atoms with Gasteiger partial charge in [0.25, 0.3) is 0 Å². The summed E-state index contributed by atoms with van der Waals surface area (Å²) in [6.45, 7) is 4.98. The van der Waals surface area contributed by atoms with Crippen LogP contribution < -0.4 is 5.32 Å². The largest absolute Gasteiger partial charge is 0.466 e. The van der Waals surface area contributed by atoms with Gasteiger partial charge in [-0.25, -0.2) is 0 Å². The molecule has 3 N–H and O–H groups in total. The summed E-state index contributed by atoms with van der Waals surface area (Å²) >= 11 is 0. The predicted molar refractivity (Wildman–Crippen MR) is 310 cm³/mol. The van der Waals surface area contributed by atoms with Crippen molar-refractivity contribution in [1.29, 1.82) is 0 Å². The number of aliphatic hydroxyl groups is 2. The summed E-state index contributed by atoms with van der Waals surface area (Å²) in [5.74, 6) is -0.0252. The second-order valence-corrected chi connectivity index (χ2v) is 22.5. The number of unbranched alkanes of at least 4 members (excludes halogenated alkanes) is 48. The van der Waals surface area contributed by atoms with Crippen molar-refractivity contribution in [1.82, 2.24) is 5.32 Å². The third kappa shape index (κ3) is 57.7. The van der Waals surface area contributed by atoms with Crippen molar-refractivity contribution in [3.05, 3.63) is 12.2 Å². The predicted octanol–water partition coefficient (Wildman–Crippen LogP) is 20.4. The van der Waals surface area contributed by atoms with Crippen LogP contribution in [-0.4, -0.2) is 47.4 Å². The van der Waals surface area contributed by atoms with E-state index in [9.17, 15) is 19.8 Å². The molecule has 0 radical (unpaired) electrons. The highest BCUT2D eigenvalue weighted by molar-refractivity contribution is 5.76. The molecule has 0 heterocycles. The molecule has 0 aliphatic rings. The van der Waals surface area contributed by atoms with Crippen LogP contribution in [0.4, 0.5) is 0 Å². The molecule has 0 aliphatic carbocycles. The first-order valence-corrected chi connectivity index (χ1v) is 32.4. The molecule has 0 aromatic heterocycles. The molecule has 0 bridgehead atoms. The second kappa shape index (κ2) is 61.1. The number of carbonyl (C=O) groups is 2. The van der Waals surface area contributed by atoms with Crippen molar-refractivity contribution in [2.24, 2.45) is 0 Å². The molecule has 71 heavy (non-hydrogen) atoms. The van der Waals surface area contributed by atoms with E-state index in [0.717, 1.165) is 44.9 Å². The van der Waals surface area contributed by atoms with E-state index in [1.54, 1.807) is 0 Å². The topological polar surface area (TPSA) is 95.9 Å². The fourth-order valence-electron chi connectivity index (χ4n) is 10.3. The fourth-order valence-corrected chi connectivity index (χ4v) is 10.3. The average molecular weight is 1000 g/mol. The molecule has 2 atom stereocenters. The Bertz CT molecular complexity index is 1060. The number of allylic oxidation sites excluding steroid dienone is 2. The third-order valence-corrected chi connectivity index (χ3v) is 15.3. The minimum absolute atomic E-state index is 0.00831. The Balaban J connectivity index is 3.38. The van der Waals surface area contributed by atoms with Crippen molar-refractivity contribution >= 4 is 11.9 Å². The van der Waals surface area contributed by atoms with Gasteiger partial charge in [-0.15, -0.1) is 0 Å². The van der Waals surface area contributed by atoms with Gasteiger partial charge in [0.15, 0.2) is 0 Å². The van der Waals surface area contributed by atoms with Crippen molar-refractivity contribution in [2.45, 2.75) is 379 Å². The lowest BCUT2D eigenvalue weighted by atomic mass is 10.0. The number of aliphatic hydroxyl groups excluding tert-OH is 2. The van der Waals surface area contributed by atoms with Gasteiger partial charge >= 0.3 is 5.97 Å². The molecule has 0 saturated heterocycles. The molecule has 0 spiro atoms. The first-order valence-electron chi connectivity index (χ1n) is 32.4. The van der Waals surface area contributed by atoms with E-state index >= 15 is 0 Å². The van der Waals surface area contributed by atoms with Crippen LogP contribution in [-0.2, 0) is 14.3 Å². The molecule has 0 saturated carbocycles. The quantitative estimate of drug-likeness (QED) is 0.0320. The Hall–Kier alpha value is -1.40. The van der Waals surface area contributed by atoms with Crippen LogP contribution in [0.15, 0.2) is 12.2 Å². The Morgan fingerprint density at radius 2 is 0.662 bits per heavy atom. The Kier molecular flexibility index (Phi) is 59.9. The molecule has 0 aliphatic heterocycles. The van der Waals surface area contributed by atoms with Gasteiger partial charge in [-0.3, -0.25) is 9.59 Å². The average Bonchev–Trinajstić information content (AvgIpc) is 3.37. The zero-order chi connectivity index (χ0) is 51.4. The highest BCUT2D eigenvalue weighted by atomic mass is 16.5. The first kappa shape index (κ1) is 69.6. The molecule has 6 heteroatoms. The number of rotatable bonds is 61. The van der Waals surface area contributed by atoms with Crippen molar-refractivity contribution < 1.29 is 24.5 Å². The van der Waals surface area contributed by atoms with E-state index in [1.165, 1.54) is 289 Å². The summed E-state index contributed by atoms with van der Waals surface area (Å²) in [5, 5.41) is 23.3. The van der Waals surface area contributed by atoms with E-state index in [2.05, 4.69) is 31.3 Å². The molecule has 1 amide bonds. The summed E-state index contributed by atoms with van der Waals surface area (Å²) < 4.78 is 5.49. The monoisotopic (exact) mass is 1000 g/mol. The van der Waals surface area contributed by atoms with Gasteiger partial charge < -0.3 is 20.3 Å². The molecule has 0 aromatic carbocycles. The number of nitrogens with one attached hydrogen (secondary N) is 1. The van der Waals surface area contributed by atoms with Gasteiger partial charge in [0, 0.05) is 12.8 Å². The summed E-state index contributed by atoms with van der Waals surface area (Å²) in [6, 6.07) is -0.543. The zero-order valence-electron chi connectivity index (χ0n) is 48.2. The van der Waals surface area contributed by atoms with Gasteiger partial charge in [-0.1, -0.05) is 315 Å². The number of esters is 1. The lowest BCUT2D eigenvalue weighted by Crippen LogP contribution is -2.45. The normalized spacial score (nSPS) is 12.6. The highest BCUT2D eigenvalue weighted by Gasteiger charge is 2.20. The van der Waals surface area contributed by atoms with E-state index in [1.807, 2.05) is 0 Å². The van der Waals surface area contributed by atoms with Gasteiger partial charge in [0.1, 0.15) is 0 Å². The molecular formula is C65H127NO5. The maximum absolute atomic E-state index is 12.5. The summed E-state index contributed by atoms with van der Waals surface area (Å²) in [6.07, 6.45) is 73.7. The summed E-state index contributed by atoms with van der Waals surface area (Å²) in [7, 11) is 0. The number of amides is 1. The first-order chi connectivity index (χ1) is 35.0. The smallest absolute Gasteiger partial charge is 0.305 e. The highest BCUT2D eigenvalue weighted by Crippen LogP contribution is 2.18. The lowest BCUT2D eigenvalue weighted by Gasteiger charge is -2.22. The maximum Gasteiger partial charge on any atom is 0.305 e. The van der Waals surface area contributed by atoms with E-state index in [-0.39, 0.29) is 18.5 Å². The van der Waals surface area contributed by atoms with Gasteiger partial charge in [0.2, 0.25) is 5.91 Å². The summed E-state index contributed by atoms with van der Waals surface area (Å²) in [5.41, 5.74) is 0. The van der Waals surface area contributed by atoms with Crippen LogP contribution in [0, 0.1) is 0 Å². The number of ether oxygens (including phenoxy) is 1. The van der Waals surface area contributed by atoms with E-state index < -0.39 is 12.1 Å². The fraction of sp³-hybridized carbons (Fsp3) is 0.938. The zero-order valence-corrected chi connectivity index (χ0v) is 48.2. The minimum Gasteiger partial charge on any atom is -0.466 e. The van der Waals surface area contributed by atoms with Crippen LogP contribution >= 0.6 is 0 Å². The van der Waals surface area contributed by atoms with Gasteiger partial charge in [0.05, 0.1) is 25.4 Å². The SMILES string of the molecule is CCCCCCCC/C=C\CCCCCCCCCC(=O)OCCCCCCCCCCCCCCCCCCCCCCC(=O)NC(CO)C(O)CCCCCCCCCCCCCCCCCCC. The van der Waals surface area contributed by atoms with Crippen LogP contribution in [0.2, 0.25) is 0 Å². The molecule has 2 unspecified atom stereocenters. The van der Waals surface area contributed by atoms with Crippen molar-refractivity contribution in [3.8, 4) is 0 Å². The standard InChI is InChI=1S/C65H127NO5/c1-3-5-7-9-11-13-15-17-19-25-29-33-37-41-45-49-53-57-63(68)62(61-67)66-64(69)58-54-50-46-42-38-34-30-27-23-21-22-24-28-32-36-40-44-48-52-56-60-71-65(70)59-55-51-47-43-39-35-31-26-20-18-16-14-12-10-8-6-4-2/h18,20,62-63,67-68H,3-17,19,21-61H2,1-2H3,(H,66,69)/b20-18-. The van der Waals surface area contributed by atoms with Crippen molar-refractivity contribution in [3.63, 3.8) is 0 Å². The molecule has 422 valence electrons. The Morgan fingerprint density at radius 3 is 1.00 bits per heavy atom. The minimum atomic E-state index is -0.665. The van der Waals surface area contributed by atoms with E-state index in [4.69, 9.17) is 4.74 Å². The number of carbonyl (C=O) groups excluding carboxylic acids is 2. The Morgan fingerprint density at radius 1 is 0.380 bits per heavy atom. The molecule has 0 rings (SSSR count). The van der Waals surface area contributed by atoms with Crippen LogP contribution in [0.5, 0.6) is 0 Å². The van der Waals surface area contributed by atoms with Gasteiger partial charge in [-0.2, -0.15) is 0 Å². The molecular weight excluding hydrogens is 875 g/mol. The maximum atomic E-state index is 12.5. The molecule has 6 nitrogen and oxygen atoms in total. The molecule has 0 fully saturated rings. The van der Waals surface area contributed by atoms with Crippen LogP contribution in [0.25, 0.3) is 0 Å². The Labute approximate surface area is 444 Å².